The van der Waals surface area contributed by atoms with Gasteiger partial charge in [-0.15, -0.1) is 0 Å². The maximum absolute atomic E-state index is 2.49. The molecule has 2 heteroatoms. The lowest BCUT2D eigenvalue weighted by molar-refractivity contribution is 0.649. The van der Waals surface area contributed by atoms with Gasteiger partial charge in [0.2, 0.25) is 0 Å². The molecule has 158 valence electrons. The number of likely N-dealkylation sites (N-methyl/N-ethyl adjacent to an activating group) is 1. The van der Waals surface area contributed by atoms with E-state index in [9.17, 15) is 0 Å². The Morgan fingerprint density at radius 2 is 1.53 bits per heavy atom. The maximum Gasteiger partial charge on any atom is 0.0649 e. The number of benzene rings is 4. The first-order chi connectivity index (χ1) is 15.7. The molecular weight excluding hydrogens is 388 g/mol. The Labute approximate surface area is 189 Å². The first kappa shape index (κ1) is 19.2. The summed E-state index contributed by atoms with van der Waals surface area (Å²) in [6.45, 7) is 4.00. The molecule has 2 aliphatic rings. The van der Waals surface area contributed by atoms with Crippen LogP contribution in [-0.2, 0) is 7.05 Å². The van der Waals surface area contributed by atoms with Gasteiger partial charge in [-0.1, -0.05) is 86.7 Å². The van der Waals surface area contributed by atoms with Gasteiger partial charge >= 0.3 is 0 Å². The van der Waals surface area contributed by atoms with Gasteiger partial charge in [0.1, 0.15) is 0 Å². The molecule has 2 nitrogen and oxygen atoms in total. The Balaban J connectivity index is 0.000000953. The van der Waals surface area contributed by atoms with Gasteiger partial charge in [0, 0.05) is 47.4 Å². The fraction of sp³-hybridized carbons (Fsp3) is 0.200. The molecule has 2 heterocycles. The van der Waals surface area contributed by atoms with Crippen LogP contribution in [0.2, 0.25) is 0 Å². The summed E-state index contributed by atoms with van der Waals surface area (Å²) in [5.41, 5.74) is 8.27. The van der Waals surface area contributed by atoms with Crippen molar-refractivity contribution in [3.05, 3.63) is 95.6 Å². The summed E-state index contributed by atoms with van der Waals surface area (Å²) in [7, 11) is 4.47. The summed E-state index contributed by atoms with van der Waals surface area (Å²) in [5, 5.41) is 5.41. The van der Waals surface area contributed by atoms with Crippen LogP contribution in [0.25, 0.3) is 38.7 Å². The highest BCUT2D eigenvalue weighted by Gasteiger charge is 2.40. The molecule has 0 N–H and O–H groups in total. The van der Waals surface area contributed by atoms with Crippen LogP contribution in [0.15, 0.2) is 78.9 Å². The van der Waals surface area contributed by atoms with Crippen molar-refractivity contribution in [1.29, 1.82) is 0 Å². The van der Waals surface area contributed by atoms with Gasteiger partial charge in [-0.2, -0.15) is 0 Å². The minimum absolute atomic E-state index is 0.363. The zero-order valence-corrected chi connectivity index (χ0v) is 19.1. The van der Waals surface area contributed by atoms with Crippen LogP contribution >= 0.6 is 0 Å². The number of hydrogen-bond acceptors (Lipinski definition) is 1. The molecule has 0 bridgehead atoms. The fourth-order valence-corrected chi connectivity index (χ4v) is 6.03. The van der Waals surface area contributed by atoms with Gasteiger partial charge < -0.3 is 9.47 Å². The van der Waals surface area contributed by atoms with Crippen molar-refractivity contribution >= 4 is 44.3 Å². The Morgan fingerprint density at radius 3 is 2.41 bits per heavy atom. The summed E-state index contributed by atoms with van der Waals surface area (Å²) in [5.74, 6) is 0.376. The molecule has 0 saturated heterocycles. The van der Waals surface area contributed by atoms with Gasteiger partial charge in [-0.05, 0) is 34.2 Å². The van der Waals surface area contributed by atoms with Crippen molar-refractivity contribution in [3.63, 3.8) is 0 Å². The highest BCUT2D eigenvalue weighted by atomic mass is 15.2. The Bertz CT molecular complexity index is 1540. The molecule has 0 radical (unpaired) electrons. The molecule has 32 heavy (non-hydrogen) atoms. The Kier molecular flexibility index (Phi) is 4.19. The molecule has 1 aliphatic carbocycles. The number of aryl methyl sites for hydroxylation is 1. The average Bonchev–Trinajstić information content (AvgIpc) is 3.32. The van der Waals surface area contributed by atoms with E-state index in [1.54, 1.807) is 0 Å². The summed E-state index contributed by atoms with van der Waals surface area (Å²) in [4.78, 5) is 2.49. The lowest BCUT2D eigenvalue weighted by Gasteiger charge is -2.30. The number of anilines is 1. The average molecular weight is 417 g/mol. The third-order valence-electron chi connectivity index (χ3n) is 7.34. The molecule has 7 rings (SSSR count). The van der Waals surface area contributed by atoms with E-state index in [4.69, 9.17) is 0 Å². The van der Waals surface area contributed by atoms with Crippen LogP contribution in [0.5, 0.6) is 0 Å². The number of rotatable bonds is 0. The van der Waals surface area contributed by atoms with E-state index >= 15 is 0 Å². The van der Waals surface area contributed by atoms with E-state index in [-0.39, 0.29) is 0 Å². The first-order valence-corrected chi connectivity index (χ1v) is 11.7. The smallest absolute Gasteiger partial charge is 0.0649 e. The molecular formula is C30H28N2. The minimum Gasteiger partial charge on any atom is -0.366 e. The van der Waals surface area contributed by atoms with E-state index in [0.29, 0.717) is 12.0 Å². The SMILES string of the molecule is CC.CN1c2ccc3c(c2C2C=Cc4ccccc4C21)c1ccc2ccccc2c1n3C. The number of hydrogen-bond donors (Lipinski definition) is 0. The molecule has 2 atom stereocenters. The zero-order valence-electron chi connectivity index (χ0n) is 19.1. The highest BCUT2D eigenvalue weighted by molar-refractivity contribution is 6.19. The fourth-order valence-electron chi connectivity index (χ4n) is 6.03. The zero-order chi connectivity index (χ0) is 22.0. The summed E-state index contributed by atoms with van der Waals surface area (Å²) < 4.78 is 2.39. The third kappa shape index (κ3) is 2.35. The normalized spacial score (nSPS) is 18.4. The monoisotopic (exact) mass is 416 g/mol. The van der Waals surface area contributed by atoms with Crippen LogP contribution in [0.4, 0.5) is 5.69 Å². The van der Waals surface area contributed by atoms with E-state index in [1.807, 2.05) is 13.8 Å². The predicted octanol–water partition coefficient (Wildman–Crippen LogP) is 7.81. The van der Waals surface area contributed by atoms with Crippen LogP contribution in [0, 0.1) is 0 Å². The van der Waals surface area contributed by atoms with Crippen molar-refractivity contribution in [3.8, 4) is 0 Å². The second-order valence-electron chi connectivity index (χ2n) is 8.70. The second-order valence-corrected chi connectivity index (χ2v) is 8.70. The molecule has 1 aromatic heterocycles. The second kappa shape index (κ2) is 7.00. The van der Waals surface area contributed by atoms with Crippen LogP contribution in [0.1, 0.15) is 42.5 Å². The van der Waals surface area contributed by atoms with Gasteiger partial charge in [0.15, 0.2) is 0 Å². The largest absolute Gasteiger partial charge is 0.366 e. The summed E-state index contributed by atoms with van der Waals surface area (Å²) in [6.07, 6.45) is 4.74. The number of aromatic nitrogens is 1. The Hall–Kier alpha value is -3.52. The third-order valence-corrected chi connectivity index (χ3v) is 7.34. The van der Waals surface area contributed by atoms with Gasteiger partial charge in [-0.3, -0.25) is 0 Å². The van der Waals surface area contributed by atoms with Crippen molar-refractivity contribution < 1.29 is 0 Å². The Morgan fingerprint density at radius 1 is 0.750 bits per heavy atom. The van der Waals surface area contributed by atoms with E-state index in [2.05, 4.69) is 109 Å². The molecule has 4 aromatic carbocycles. The minimum atomic E-state index is 0.363. The molecule has 0 saturated carbocycles. The summed E-state index contributed by atoms with van der Waals surface area (Å²) >= 11 is 0. The predicted molar refractivity (Wildman–Crippen MR) is 139 cm³/mol. The van der Waals surface area contributed by atoms with Crippen LogP contribution in [0.3, 0.4) is 0 Å². The van der Waals surface area contributed by atoms with Crippen molar-refractivity contribution in [2.45, 2.75) is 25.8 Å². The molecule has 2 unspecified atom stereocenters. The lowest BCUT2D eigenvalue weighted by atomic mass is 9.82. The van der Waals surface area contributed by atoms with Crippen molar-refractivity contribution in [2.75, 3.05) is 11.9 Å². The quantitative estimate of drug-likeness (QED) is 0.250. The molecule has 0 fully saturated rings. The summed E-state index contributed by atoms with van der Waals surface area (Å²) in [6, 6.07) is 27.2. The first-order valence-electron chi connectivity index (χ1n) is 11.7. The molecule has 1 aliphatic heterocycles. The maximum atomic E-state index is 2.49. The molecule has 5 aromatic rings. The van der Waals surface area contributed by atoms with Gasteiger partial charge in [-0.25, -0.2) is 0 Å². The van der Waals surface area contributed by atoms with Gasteiger partial charge in [0.05, 0.1) is 11.6 Å². The van der Waals surface area contributed by atoms with Crippen molar-refractivity contribution in [2.24, 2.45) is 7.05 Å². The molecule has 0 amide bonds. The lowest BCUT2D eigenvalue weighted by Crippen LogP contribution is -2.23. The number of nitrogens with zero attached hydrogens (tertiary/aromatic N) is 2. The van der Waals surface area contributed by atoms with E-state index < -0.39 is 0 Å². The topological polar surface area (TPSA) is 8.17 Å². The van der Waals surface area contributed by atoms with Crippen LogP contribution < -0.4 is 4.90 Å². The van der Waals surface area contributed by atoms with Crippen molar-refractivity contribution in [1.82, 2.24) is 4.57 Å². The van der Waals surface area contributed by atoms with Crippen LogP contribution in [-0.4, -0.2) is 11.6 Å². The standard InChI is InChI=1S/C28H22N2.C2H6/c1-29-23-15-16-24-26(22-14-12-18-8-4-6-10-20(18)28(22)30(24)2)25(23)21-13-11-17-7-3-5-9-19(17)27(21)29;1-2/h3-16,21,27H,1-2H3;1-2H3. The molecule has 0 spiro atoms. The van der Waals surface area contributed by atoms with Gasteiger partial charge in [0.25, 0.3) is 0 Å². The van der Waals surface area contributed by atoms with E-state index in [1.165, 1.54) is 55.0 Å². The number of fused-ring (bicyclic) bond motifs is 11. The highest BCUT2D eigenvalue weighted by Crippen LogP contribution is 2.55. The van der Waals surface area contributed by atoms with E-state index in [0.717, 1.165) is 0 Å².